The zero-order valence-electron chi connectivity index (χ0n) is 8.93. The Labute approximate surface area is 93.1 Å². The largest absolute Gasteiger partial charge is 0.458 e. The topological polar surface area (TPSA) is 69.1 Å². The molecular formula is C12H12N2O2. The summed E-state index contributed by atoms with van der Waals surface area (Å²) < 4.78 is 5.38. The summed E-state index contributed by atoms with van der Waals surface area (Å²) in [6.45, 7) is 1.97. The number of nitrogens with zero attached hydrogens (tertiary/aromatic N) is 1. The van der Waals surface area contributed by atoms with Gasteiger partial charge in [-0.2, -0.15) is 0 Å². The number of nitrogens with two attached hydrogens (primary N) is 1. The van der Waals surface area contributed by atoms with Gasteiger partial charge in [0.05, 0.1) is 17.4 Å². The SMILES string of the molecule is CCc1ccc(C(=O)c2ccncc2N)o1. The van der Waals surface area contributed by atoms with Crippen molar-refractivity contribution in [2.24, 2.45) is 0 Å². The second-order valence-corrected chi connectivity index (χ2v) is 3.41. The first-order valence-electron chi connectivity index (χ1n) is 5.05. The molecule has 0 radical (unpaired) electrons. The molecule has 0 saturated carbocycles. The Hall–Kier alpha value is -2.10. The van der Waals surface area contributed by atoms with E-state index in [-0.39, 0.29) is 5.78 Å². The van der Waals surface area contributed by atoms with Gasteiger partial charge < -0.3 is 10.2 Å². The standard InChI is InChI=1S/C12H12N2O2/c1-2-8-3-4-11(16-8)12(15)9-5-6-14-7-10(9)13/h3-7H,2,13H2,1H3. The van der Waals surface area contributed by atoms with E-state index >= 15 is 0 Å². The molecule has 0 spiro atoms. The molecule has 0 saturated heterocycles. The second-order valence-electron chi connectivity index (χ2n) is 3.41. The highest BCUT2D eigenvalue weighted by atomic mass is 16.3. The van der Waals surface area contributed by atoms with Crippen molar-refractivity contribution in [2.75, 3.05) is 5.73 Å². The summed E-state index contributed by atoms with van der Waals surface area (Å²) in [5.41, 5.74) is 6.46. The molecule has 82 valence electrons. The van der Waals surface area contributed by atoms with Gasteiger partial charge in [-0.15, -0.1) is 0 Å². The highest BCUT2D eigenvalue weighted by molar-refractivity contribution is 6.10. The molecule has 16 heavy (non-hydrogen) atoms. The molecule has 0 atom stereocenters. The van der Waals surface area contributed by atoms with Gasteiger partial charge in [0, 0.05) is 12.6 Å². The summed E-state index contributed by atoms with van der Waals surface area (Å²) in [7, 11) is 0. The molecule has 4 heteroatoms. The smallest absolute Gasteiger partial charge is 0.230 e. The summed E-state index contributed by atoms with van der Waals surface area (Å²) in [6.07, 6.45) is 3.75. The molecule has 2 aromatic heterocycles. The van der Waals surface area contributed by atoms with E-state index in [0.717, 1.165) is 12.2 Å². The van der Waals surface area contributed by atoms with Gasteiger partial charge in [0.2, 0.25) is 5.78 Å². The van der Waals surface area contributed by atoms with Crippen LogP contribution in [0.15, 0.2) is 35.0 Å². The first-order chi connectivity index (χ1) is 7.72. The van der Waals surface area contributed by atoms with E-state index < -0.39 is 0 Å². The van der Waals surface area contributed by atoms with E-state index in [1.54, 1.807) is 18.2 Å². The van der Waals surface area contributed by atoms with Crippen LogP contribution < -0.4 is 5.73 Å². The van der Waals surface area contributed by atoms with Crippen LogP contribution in [0.5, 0.6) is 0 Å². The second kappa shape index (κ2) is 4.18. The summed E-state index contributed by atoms with van der Waals surface area (Å²) in [6, 6.07) is 5.05. The maximum atomic E-state index is 12.0. The summed E-state index contributed by atoms with van der Waals surface area (Å²) in [4.78, 5) is 15.8. The summed E-state index contributed by atoms with van der Waals surface area (Å²) >= 11 is 0. The van der Waals surface area contributed by atoms with Gasteiger partial charge >= 0.3 is 0 Å². The average molecular weight is 216 g/mol. The lowest BCUT2D eigenvalue weighted by Crippen LogP contribution is -2.04. The predicted molar refractivity (Wildman–Crippen MR) is 60.2 cm³/mol. The third-order valence-electron chi connectivity index (χ3n) is 2.33. The quantitative estimate of drug-likeness (QED) is 0.797. The van der Waals surface area contributed by atoms with Crippen molar-refractivity contribution in [2.45, 2.75) is 13.3 Å². The van der Waals surface area contributed by atoms with Gasteiger partial charge in [-0.1, -0.05) is 6.92 Å². The molecule has 0 unspecified atom stereocenters. The molecule has 0 aliphatic rings. The van der Waals surface area contributed by atoms with Crippen molar-refractivity contribution in [1.82, 2.24) is 4.98 Å². The Kier molecular flexibility index (Phi) is 2.72. The lowest BCUT2D eigenvalue weighted by molar-refractivity contribution is 0.101. The van der Waals surface area contributed by atoms with Crippen LogP contribution in [0.25, 0.3) is 0 Å². The minimum Gasteiger partial charge on any atom is -0.458 e. The third kappa shape index (κ3) is 1.82. The van der Waals surface area contributed by atoms with Crippen molar-refractivity contribution in [3.05, 3.63) is 47.7 Å². The van der Waals surface area contributed by atoms with Crippen molar-refractivity contribution in [1.29, 1.82) is 0 Å². The van der Waals surface area contributed by atoms with E-state index in [2.05, 4.69) is 4.98 Å². The van der Waals surface area contributed by atoms with Crippen LogP contribution in [0.2, 0.25) is 0 Å². The monoisotopic (exact) mass is 216 g/mol. The Morgan fingerprint density at radius 2 is 2.25 bits per heavy atom. The molecule has 2 aromatic rings. The highest BCUT2D eigenvalue weighted by Crippen LogP contribution is 2.17. The van der Waals surface area contributed by atoms with Gasteiger partial charge in [0.15, 0.2) is 5.76 Å². The molecular weight excluding hydrogens is 204 g/mol. The first-order valence-corrected chi connectivity index (χ1v) is 5.05. The van der Waals surface area contributed by atoms with E-state index in [0.29, 0.717) is 17.0 Å². The first kappa shape index (κ1) is 10.4. The number of nitrogen functional groups attached to an aromatic ring is 1. The Bertz CT molecular complexity index is 517. The lowest BCUT2D eigenvalue weighted by Gasteiger charge is -2.00. The number of hydrogen-bond donors (Lipinski definition) is 1. The minimum atomic E-state index is -0.209. The molecule has 2 heterocycles. The van der Waals surface area contributed by atoms with Crippen LogP contribution in [0.1, 0.15) is 28.8 Å². The number of hydrogen-bond acceptors (Lipinski definition) is 4. The van der Waals surface area contributed by atoms with Crippen molar-refractivity contribution < 1.29 is 9.21 Å². The molecule has 0 aromatic carbocycles. The highest BCUT2D eigenvalue weighted by Gasteiger charge is 2.15. The molecule has 2 rings (SSSR count). The molecule has 2 N–H and O–H groups in total. The molecule has 0 aliphatic carbocycles. The summed E-state index contributed by atoms with van der Waals surface area (Å²) in [5.74, 6) is 0.894. The van der Waals surface area contributed by atoms with Crippen LogP contribution in [0, 0.1) is 0 Å². The van der Waals surface area contributed by atoms with E-state index in [1.807, 2.05) is 6.92 Å². The van der Waals surface area contributed by atoms with Crippen LogP contribution in [0.3, 0.4) is 0 Å². The van der Waals surface area contributed by atoms with Crippen molar-refractivity contribution in [3.8, 4) is 0 Å². The predicted octanol–water partition coefficient (Wildman–Crippen LogP) is 2.05. The number of aryl methyl sites for hydroxylation is 1. The van der Waals surface area contributed by atoms with Gasteiger partial charge in [0.25, 0.3) is 0 Å². The zero-order valence-corrected chi connectivity index (χ0v) is 8.93. The van der Waals surface area contributed by atoms with E-state index in [4.69, 9.17) is 10.2 Å². The minimum absolute atomic E-state index is 0.209. The fourth-order valence-corrected chi connectivity index (χ4v) is 1.44. The zero-order chi connectivity index (χ0) is 11.5. The number of carbonyl (C=O) groups excluding carboxylic acids is 1. The number of furan rings is 1. The number of rotatable bonds is 3. The van der Waals surface area contributed by atoms with Gasteiger partial charge in [-0.3, -0.25) is 9.78 Å². The number of carbonyl (C=O) groups is 1. The Morgan fingerprint density at radius 1 is 1.44 bits per heavy atom. The normalized spacial score (nSPS) is 10.3. The fourth-order valence-electron chi connectivity index (χ4n) is 1.44. The molecule has 0 amide bonds. The number of aromatic nitrogens is 1. The third-order valence-corrected chi connectivity index (χ3v) is 2.33. The molecule has 0 fully saturated rings. The number of ketones is 1. The van der Waals surface area contributed by atoms with Crippen molar-refractivity contribution in [3.63, 3.8) is 0 Å². The summed E-state index contributed by atoms with van der Waals surface area (Å²) in [5, 5.41) is 0. The Morgan fingerprint density at radius 3 is 2.88 bits per heavy atom. The van der Waals surface area contributed by atoms with Crippen LogP contribution >= 0.6 is 0 Å². The molecule has 0 aliphatic heterocycles. The van der Waals surface area contributed by atoms with Gasteiger partial charge in [-0.05, 0) is 18.2 Å². The fraction of sp³-hybridized carbons (Fsp3) is 0.167. The van der Waals surface area contributed by atoms with Gasteiger partial charge in [-0.25, -0.2) is 0 Å². The van der Waals surface area contributed by atoms with Crippen molar-refractivity contribution >= 4 is 11.5 Å². The van der Waals surface area contributed by atoms with Gasteiger partial charge in [0.1, 0.15) is 5.76 Å². The van der Waals surface area contributed by atoms with Crippen LogP contribution in [0.4, 0.5) is 5.69 Å². The number of anilines is 1. The molecule has 0 bridgehead atoms. The average Bonchev–Trinajstić information content (AvgIpc) is 2.77. The maximum absolute atomic E-state index is 12.0. The Balaban J connectivity index is 2.35. The molecule has 4 nitrogen and oxygen atoms in total. The maximum Gasteiger partial charge on any atom is 0.230 e. The van der Waals surface area contributed by atoms with E-state index in [9.17, 15) is 4.79 Å². The lowest BCUT2D eigenvalue weighted by atomic mass is 10.1. The number of pyridine rings is 1. The van der Waals surface area contributed by atoms with E-state index in [1.165, 1.54) is 12.4 Å². The van der Waals surface area contributed by atoms with Crippen LogP contribution in [-0.2, 0) is 6.42 Å². The van der Waals surface area contributed by atoms with Crippen LogP contribution in [-0.4, -0.2) is 10.8 Å².